The van der Waals surface area contributed by atoms with Crippen molar-refractivity contribution in [2.75, 3.05) is 5.32 Å². The molecular formula is C28H31N3O2S. The lowest BCUT2D eigenvalue weighted by molar-refractivity contribution is -0.127. The fourth-order valence-corrected chi connectivity index (χ4v) is 7.46. The van der Waals surface area contributed by atoms with Gasteiger partial charge < -0.3 is 15.1 Å². The molecule has 0 unspecified atom stereocenters. The highest BCUT2D eigenvalue weighted by Crippen LogP contribution is 2.61. The second-order valence-electron chi connectivity index (χ2n) is 10.9. The van der Waals surface area contributed by atoms with Crippen molar-refractivity contribution in [2.45, 2.75) is 58.3 Å². The van der Waals surface area contributed by atoms with Gasteiger partial charge in [0.1, 0.15) is 5.52 Å². The molecule has 2 N–H and O–H groups in total. The third-order valence-corrected chi connectivity index (χ3v) is 8.39. The van der Waals surface area contributed by atoms with Crippen molar-refractivity contribution in [3.05, 3.63) is 48.0 Å². The second kappa shape index (κ2) is 8.49. The van der Waals surface area contributed by atoms with Crippen LogP contribution in [0.25, 0.3) is 22.6 Å². The Kier molecular flexibility index (Phi) is 5.44. The summed E-state index contributed by atoms with van der Waals surface area (Å²) in [7, 11) is 0. The van der Waals surface area contributed by atoms with Gasteiger partial charge in [-0.05, 0) is 116 Å². The van der Waals surface area contributed by atoms with Gasteiger partial charge in [0.05, 0.1) is 0 Å². The van der Waals surface area contributed by atoms with Crippen molar-refractivity contribution < 1.29 is 9.21 Å². The van der Waals surface area contributed by atoms with E-state index in [2.05, 4.69) is 34.7 Å². The van der Waals surface area contributed by atoms with Gasteiger partial charge in [0, 0.05) is 17.7 Å². The molecule has 1 heterocycles. The average Bonchev–Trinajstić information content (AvgIpc) is 3.21. The highest BCUT2D eigenvalue weighted by atomic mass is 32.1. The van der Waals surface area contributed by atoms with Gasteiger partial charge >= 0.3 is 0 Å². The summed E-state index contributed by atoms with van der Waals surface area (Å²) < 4.78 is 5.97. The minimum Gasteiger partial charge on any atom is -0.436 e. The number of anilines is 1. The van der Waals surface area contributed by atoms with Gasteiger partial charge in [-0.25, -0.2) is 4.98 Å². The maximum absolute atomic E-state index is 12.9. The van der Waals surface area contributed by atoms with Crippen molar-refractivity contribution in [3.63, 3.8) is 0 Å². The molecule has 34 heavy (non-hydrogen) atoms. The Hall–Kier alpha value is -2.73. The minimum absolute atomic E-state index is 0.0429. The second-order valence-corrected chi connectivity index (χ2v) is 11.3. The lowest BCUT2D eigenvalue weighted by atomic mass is 9.49. The van der Waals surface area contributed by atoms with Gasteiger partial charge in [-0.3, -0.25) is 4.79 Å². The fraction of sp³-hybridized carbons (Fsp3) is 0.464. The van der Waals surface area contributed by atoms with Crippen LogP contribution in [0.3, 0.4) is 0 Å². The Morgan fingerprint density at radius 2 is 1.82 bits per heavy atom. The number of aryl methyl sites for hydroxylation is 1. The molecule has 7 rings (SSSR count). The molecule has 0 aliphatic heterocycles. The van der Waals surface area contributed by atoms with Gasteiger partial charge in [-0.15, -0.1) is 0 Å². The summed E-state index contributed by atoms with van der Waals surface area (Å²) in [6.45, 7) is 2.13. The minimum atomic E-state index is 0.0429. The average molecular weight is 474 g/mol. The van der Waals surface area contributed by atoms with E-state index in [1.54, 1.807) is 0 Å². The zero-order valence-electron chi connectivity index (χ0n) is 19.6. The first-order chi connectivity index (χ1) is 16.5. The van der Waals surface area contributed by atoms with Gasteiger partial charge in [0.2, 0.25) is 11.8 Å². The van der Waals surface area contributed by atoms with E-state index in [1.165, 1.54) is 44.1 Å². The lowest BCUT2D eigenvalue weighted by Gasteiger charge is -2.56. The number of hydrogen-bond acceptors (Lipinski definition) is 4. The molecule has 0 radical (unpaired) electrons. The molecule has 4 aliphatic carbocycles. The predicted molar refractivity (Wildman–Crippen MR) is 138 cm³/mol. The lowest BCUT2D eigenvalue weighted by Crippen LogP contribution is -2.48. The first-order valence-electron chi connectivity index (χ1n) is 12.6. The van der Waals surface area contributed by atoms with Crippen LogP contribution >= 0.6 is 12.2 Å². The van der Waals surface area contributed by atoms with E-state index in [9.17, 15) is 4.79 Å². The summed E-state index contributed by atoms with van der Waals surface area (Å²) in [5, 5.41) is 6.46. The highest BCUT2D eigenvalue weighted by Gasteiger charge is 2.51. The van der Waals surface area contributed by atoms with Crippen LogP contribution in [0.5, 0.6) is 0 Å². The summed E-state index contributed by atoms with van der Waals surface area (Å²) >= 11 is 5.48. The van der Waals surface area contributed by atoms with Crippen molar-refractivity contribution in [3.8, 4) is 11.5 Å². The molecule has 0 saturated heterocycles. The monoisotopic (exact) mass is 473 g/mol. The summed E-state index contributed by atoms with van der Waals surface area (Å²) in [6, 6.07) is 13.9. The molecule has 5 nitrogen and oxygen atoms in total. The van der Waals surface area contributed by atoms with Crippen LogP contribution in [-0.4, -0.2) is 16.0 Å². The zero-order valence-corrected chi connectivity index (χ0v) is 20.4. The molecule has 0 spiro atoms. The summed E-state index contributed by atoms with van der Waals surface area (Å²) in [5.74, 6) is 3.14. The SMILES string of the molecule is CCc1ccc2oc(-c3cccc(NC(=S)NC(=O)CC45CC6CC(CC(C6)C4)C5)c3)nc2c1. The third kappa shape index (κ3) is 4.24. The van der Waals surface area contributed by atoms with Gasteiger partial charge in [0.15, 0.2) is 10.7 Å². The van der Waals surface area contributed by atoms with E-state index in [-0.39, 0.29) is 11.3 Å². The molecule has 4 aliphatic rings. The Labute approximate surface area is 205 Å². The summed E-state index contributed by atoms with van der Waals surface area (Å²) in [6.07, 6.45) is 9.38. The molecule has 2 aromatic carbocycles. The molecule has 4 fully saturated rings. The quantitative estimate of drug-likeness (QED) is 0.415. The number of rotatable bonds is 5. The van der Waals surface area contributed by atoms with E-state index >= 15 is 0 Å². The first-order valence-corrected chi connectivity index (χ1v) is 13.0. The van der Waals surface area contributed by atoms with Crippen LogP contribution in [0.4, 0.5) is 5.69 Å². The van der Waals surface area contributed by atoms with E-state index < -0.39 is 0 Å². The summed E-state index contributed by atoms with van der Waals surface area (Å²) in [5.41, 5.74) is 4.74. The smallest absolute Gasteiger partial charge is 0.227 e. The van der Waals surface area contributed by atoms with E-state index in [0.717, 1.165) is 46.5 Å². The Balaban J connectivity index is 1.11. The maximum Gasteiger partial charge on any atom is 0.227 e. The molecular weight excluding hydrogens is 442 g/mol. The maximum atomic E-state index is 12.9. The molecule has 0 atom stereocenters. The molecule has 4 bridgehead atoms. The molecule has 3 aromatic rings. The number of hydrogen-bond donors (Lipinski definition) is 2. The third-order valence-electron chi connectivity index (χ3n) is 8.18. The summed E-state index contributed by atoms with van der Waals surface area (Å²) in [4.78, 5) is 17.6. The molecule has 4 saturated carbocycles. The van der Waals surface area contributed by atoms with E-state index in [0.29, 0.717) is 17.4 Å². The Morgan fingerprint density at radius 3 is 2.53 bits per heavy atom. The van der Waals surface area contributed by atoms with Crippen molar-refractivity contribution >= 4 is 40.0 Å². The number of fused-ring (bicyclic) bond motifs is 1. The number of nitrogens with zero attached hydrogens (tertiary/aromatic N) is 1. The number of benzene rings is 2. The van der Waals surface area contributed by atoms with Crippen molar-refractivity contribution in [2.24, 2.45) is 23.2 Å². The zero-order chi connectivity index (χ0) is 23.3. The van der Waals surface area contributed by atoms with Crippen molar-refractivity contribution in [1.82, 2.24) is 10.3 Å². The number of aromatic nitrogens is 1. The largest absolute Gasteiger partial charge is 0.436 e. The Bertz CT molecular complexity index is 1230. The van der Waals surface area contributed by atoms with Crippen LogP contribution < -0.4 is 10.6 Å². The first kappa shape index (κ1) is 21.8. The number of oxazole rings is 1. The number of amides is 1. The predicted octanol–water partition coefficient (Wildman–Crippen LogP) is 6.48. The standard InChI is InChI=1S/C28H31N3O2S/c1-2-17-6-7-24-23(11-17)30-26(33-24)21-4-3-5-22(12-21)29-27(34)31-25(32)16-28-13-18-8-19(14-28)10-20(9-18)15-28/h3-7,11-12,18-20H,2,8-10,13-16H2,1H3,(H2,29,31,32,34). The van der Waals surface area contributed by atoms with Gasteiger partial charge in [-0.2, -0.15) is 0 Å². The van der Waals surface area contributed by atoms with E-state index in [1.807, 2.05) is 30.3 Å². The normalized spacial score (nSPS) is 27.1. The van der Waals surface area contributed by atoms with Crippen LogP contribution in [-0.2, 0) is 11.2 Å². The molecule has 176 valence electrons. The fourth-order valence-electron chi connectivity index (χ4n) is 7.23. The van der Waals surface area contributed by atoms with E-state index in [4.69, 9.17) is 16.6 Å². The number of nitrogens with one attached hydrogen (secondary N) is 2. The number of carbonyl (C=O) groups is 1. The molecule has 1 aromatic heterocycles. The van der Waals surface area contributed by atoms with Crippen LogP contribution in [0.2, 0.25) is 0 Å². The number of carbonyl (C=O) groups excluding carboxylic acids is 1. The Morgan fingerprint density at radius 1 is 1.09 bits per heavy atom. The topological polar surface area (TPSA) is 67.2 Å². The van der Waals surface area contributed by atoms with Crippen LogP contribution in [0, 0.1) is 23.2 Å². The number of thiocarbonyl (C=S) groups is 1. The van der Waals surface area contributed by atoms with Crippen LogP contribution in [0.15, 0.2) is 46.9 Å². The molecule has 1 amide bonds. The van der Waals surface area contributed by atoms with Gasteiger partial charge in [-0.1, -0.05) is 19.1 Å². The highest BCUT2D eigenvalue weighted by molar-refractivity contribution is 7.80. The van der Waals surface area contributed by atoms with Gasteiger partial charge in [0.25, 0.3) is 0 Å². The molecule has 6 heteroatoms. The van der Waals surface area contributed by atoms with Crippen LogP contribution in [0.1, 0.15) is 57.4 Å². The van der Waals surface area contributed by atoms with Crippen molar-refractivity contribution in [1.29, 1.82) is 0 Å².